The molecule has 0 radical (unpaired) electrons. The van der Waals surface area contributed by atoms with E-state index in [-0.39, 0.29) is 24.7 Å². The van der Waals surface area contributed by atoms with Gasteiger partial charge < -0.3 is 10.1 Å². The Hall–Kier alpha value is -1.93. The summed E-state index contributed by atoms with van der Waals surface area (Å²) >= 11 is 0. The van der Waals surface area contributed by atoms with Crippen molar-refractivity contribution in [3.05, 3.63) is 34.9 Å². The highest BCUT2D eigenvalue weighted by Crippen LogP contribution is 2.18. The number of nitrogens with zero attached hydrogens (tertiary/aromatic N) is 1. The Labute approximate surface area is 134 Å². The number of carbonyl (C=O) groups is 2. The molecule has 1 N–H and O–H groups in total. The fraction of sp³-hybridized carbons (Fsp3) is 0.467. The highest BCUT2D eigenvalue weighted by atomic mass is 32.2. The predicted molar refractivity (Wildman–Crippen MR) is 82.7 cm³/mol. The fourth-order valence-corrected chi connectivity index (χ4v) is 4.32. The number of nitrogens with one attached hydrogen (secondary N) is 1. The van der Waals surface area contributed by atoms with E-state index in [2.05, 4.69) is 5.32 Å². The minimum atomic E-state index is -3.15. The number of esters is 1. The highest BCUT2D eigenvalue weighted by molar-refractivity contribution is 7.89. The van der Waals surface area contributed by atoms with Gasteiger partial charge in [-0.2, -0.15) is 0 Å². The Bertz CT molecular complexity index is 744. The van der Waals surface area contributed by atoms with Crippen LogP contribution in [0, 0.1) is 0 Å². The number of rotatable bonds is 4. The molecule has 23 heavy (non-hydrogen) atoms. The van der Waals surface area contributed by atoms with Crippen LogP contribution >= 0.6 is 0 Å². The Balaban J connectivity index is 1.60. The molecular formula is C15H18N2O5S. The van der Waals surface area contributed by atoms with Crippen LogP contribution in [0.25, 0.3) is 0 Å². The molecular weight excluding hydrogens is 320 g/mol. The molecule has 7 nitrogen and oxygen atoms in total. The zero-order chi connectivity index (χ0) is 16.4. The lowest BCUT2D eigenvalue weighted by Gasteiger charge is -2.17. The Morgan fingerprint density at radius 1 is 1.35 bits per heavy atom. The van der Waals surface area contributed by atoms with Crippen LogP contribution in [-0.4, -0.2) is 56.6 Å². The zero-order valence-electron chi connectivity index (χ0n) is 12.6. The molecule has 2 aliphatic heterocycles. The molecule has 1 aromatic carbocycles. The molecule has 2 heterocycles. The summed E-state index contributed by atoms with van der Waals surface area (Å²) < 4.78 is 29.7. The standard InChI is InChI=1S/C15H18N2O5S/c18-14(16-5-7-17-6-1-9-23(17,20)21)12-3-2-11-4-8-22-15(19)13(11)10-12/h2-3,10H,1,4-9H2,(H,16,18). The van der Waals surface area contributed by atoms with Gasteiger partial charge in [0.25, 0.3) is 5.91 Å². The molecule has 1 aromatic rings. The maximum atomic E-state index is 12.1. The van der Waals surface area contributed by atoms with Crippen LogP contribution in [0.2, 0.25) is 0 Å². The first-order valence-electron chi connectivity index (χ1n) is 7.53. The van der Waals surface area contributed by atoms with Crippen LogP contribution < -0.4 is 5.32 Å². The average molecular weight is 338 g/mol. The number of cyclic esters (lactones) is 1. The molecule has 124 valence electrons. The number of hydrogen-bond donors (Lipinski definition) is 1. The summed E-state index contributed by atoms with van der Waals surface area (Å²) in [4.78, 5) is 23.8. The van der Waals surface area contributed by atoms with E-state index in [0.29, 0.717) is 37.1 Å². The summed E-state index contributed by atoms with van der Waals surface area (Å²) in [5, 5.41) is 2.69. The van der Waals surface area contributed by atoms with Crippen molar-refractivity contribution in [3.8, 4) is 0 Å². The summed E-state index contributed by atoms with van der Waals surface area (Å²) in [7, 11) is -3.15. The van der Waals surface area contributed by atoms with Crippen molar-refractivity contribution >= 4 is 21.9 Å². The van der Waals surface area contributed by atoms with Crippen molar-refractivity contribution in [2.45, 2.75) is 12.8 Å². The lowest BCUT2D eigenvalue weighted by atomic mass is 9.99. The molecule has 0 bridgehead atoms. The molecule has 1 amide bonds. The number of sulfonamides is 1. The Morgan fingerprint density at radius 2 is 2.17 bits per heavy atom. The van der Waals surface area contributed by atoms with Gasteiger partial charge in [-0.15, -0.1) is 0 Å². The van der Waals surface area contributed by atoms with Crippen molar-refractivity contribution in [2.24, 2.45) is 0 Å². The average Bonchev–Trinajstić information content (AvgIpc) is 2.86. The smallest absolute Gasteiger partial charge is 0.338 e. The zero-order valence-corrected chi connectivity index (χ0v) is 13.4. The summed E-state index contributed by atoms with van der Waals surface area (Å²) in [5.74, 6) is -0.569. The molecule has 0 aromatic heterocycles. The number of carbonyl (C=O) groups excluding carboxylic acids is 2. The molecule has 0 spiro atoms. The molecule has 0 unspecified atom stereocenters. The number of fused-ring (bicyclic) bond motifs is 1. The summed E-state index contributed by atoms with van der Waals surface area (Å²) in [6, 6.07) is 4.95. The Morgan fingerprint density at radius 3 is 2.91 bits per heavy atom. The van der Waals surface area contributed by atoms with Crippen LogP contribution in [0.15, 0.2) is 18.2 Å². The normalized spacial score (nSPS) is 19.9. The molecule has 0 aliphatic carbocycles. The SMILES string of the molecule is O=C(NCCN1CCCS1(=O)=O)c1ccc2c(c1)C(=O)OCC2. The maximum absolute atomic E-state index is 12.1. The van der Waals surface area contributed by atoms with E-state index >= 15 is 0 Å². The summed E-state index contributed by atoms with van der Waals surface area (Å²) in [5.41, 5.74) is 1.67. The molecule has 8 heteroatoms. The van der Waals surface area contributed by atoms with Crippen molar-refractivity contribution in [3.63, 3.8) is 0 Å². The fourth-order valence-electron chi connectivity index (χ4n) is 2.80. The molecule has 3 rings (SSSR count). The summed E-state index contributed by atoms with van der Waals surface area (Å²) in [6.07, 6.45) is 1.28. The largest absolute Gasteiger partial charge is 0.462 e. The molecule has 1 fully saturated rings. The van der Waals surface area contributed by atoms with E-state index in [4.69, 9.17) is 4.74 Å². The van der Waals surface area contributed by atoms with Crippen LogP contribution in [0.5, 0.6) is 0 Å². The summed E-state index contributed by atoms with van der Waals surface area (Å²) in [6.45, 7) is 1.37. The van der Waals surface area contributed by atoms with E-state index in [1.54, 1.807) is 12.1 Å². The van der Waals surface area contributed by atoms with Crippen molar-refractivity contribution < 1.29 is 22.7 Å². The van der Waals surface area contributed by atoms with Crippen molar-refractivity contribution in [1.29, 1.82) is 0 Å². The minimum absolute atomic E-state index is 0.174. The second-order valence-corrected chi connectivity index (χ2v) is 7.67. The predicted octanol–water partition coefficient (Wildman–Crippen LogP) is 0.165. The van der Waals surface area contributed by atoms with Gasteiger partial charge in [-0.1, -0.05) is 6.07 Å². The van der Waals surface area contributed by atoms with Gasteiger partial charge in [-0.25, -0.2) is 17.5 Å². The first kappa shape index (κ1) is 15.9. The van der Waals surface area contributed by atoms with Crippen LogP contribution in [0.1, 0.15) is 32.7 Å². The lowest BCUT2D eigenvalue weighted by Crippen LogP contribution is -2.36. The number of hydrogen-bond acceptors (Lipinski definition) is 5. The second kappa shape index (κ2) is 6.29. The van der Waals surface area contributed by atoms with Crippen LogP contribution in [0.3, 0.4) is 0 Å². The van der Waals surface area contributed by atoms with Gasteiger partial charge in [0.05, 0.1) is 17.9 Å². The molecule has 0 atom stereocenters. The third-order valence-electron chi connectivity index (χ3n) is 4.05. The lowest BCUT2D eigenvalue weighted by molar-refractivity contribution is 0.0480. The second-order valence-electron chi connectivity index (χ2n) is 5.58. The third kappa shape index (κ3) is 3.37. The Kier molecular flexibility index (Phi) is 4.36. The number of ether oxygens (including phenoxy) is 1. The van der Waals surface area contributed by atoms with Gasteiger partial charge in [0.1, 0.15) is 0 Å². The molecule has 2 aliphatic rings. The monoisotopic (exact) mass is 338 g/mol. The maximum Gasteiger partial charge on any atom is 0.338 e. The van der Waals surface area contributed by atoms with E-state index in [1.807, 2.05) is 0 Å². The number of benzene rings is 1. The van der Waals surface area contributed by atoms with Gasteiger partial charge >= 0.3 is 5.97 Å². The van der Waals surface area contributed by atoms with Crippen LogP contribution in [0.4, 0.5) is 0 Å². The van der Waals surface area contributed by atoms with Gasteiger partial charge in [-0.05, 0) is 24.1 Å². The minimum Gasteiger partial charge on any atom is -0.462 e. The van der Waals surface area contributed by atoms with Crippen molar-refractivity contribution in [2.75, 3.05) is 32.0 Å². The highest BCUT2D eigenvalue weighted by Gasteiger charge is 2.27. The van der Waals surface area contributed by atoms with E-state index in [9.17, 15) is 18.0 Å². The van der Waals surface area contributed by atoms with Gasteiger partial charge in [0, 0.05) is 31.6 Å². The quantitative estimate of drug-likeness (QED) is 0.790. The first-order chi connectivity index (χ1) is 11.0. The van der Waals surface area contributed by atoms with Gasteiger partial charge in [0.15, 0.2) is 0 Å². The third-order valence-corrected chi connectivity index (χ3v) is 6.00. The van der Waals surface area contributed by atoms with Gasteiger partial charge in [-0.3, -0.25) is 4.79 Å². The van der Waals surface area contributed by atoms with E-state index < -0.39 is 16.0 Å². The topological polar surface area (TPSA) is 92.8 Å². The van der Waals surface area contributed by atoms with E-state index in [1.165, 1.54) is 10.4 Å². The molecule has 1 saturated heterocycles. The molecule has 0 saturated carbocycles. The van der Waals surface area contributed by atoms with Gasteiger partial charge in [0.2, 0.25) is 10.0 Å². The van der Waals surface area contributed by atoms with Crippen molar-refractivity contribution in [1.82, 2.24) is 9.62 Å². The van der Waals surface area contributed by atoms with E-state index in [0.717, 1.165) is 5.56 Å². The number of amides is 1. The van der Waals surface area contributed by atoms with Crippen LogP contribution in [-0.2, 0) is 21.2 Å². The first-order valence-corrected chi connectivity index (χ1v) is 9.14.